The lowest BCUT2D eigenvalue weighted by molar-refractivity contribution is 0.243. The van der Waals surface area contributed by atoms with E-state index in [9.17, 15) is 5.11 Å². The smallest absolute Gasteiger partial charge is 0.140 e. The fourth-order valence-corrected chi connectivity index (χ4v) is 3.06. The highest BCUT2D eigenvalue weighted by Gasteiger charge is 2.10. The van der Waals surface area contributed by atoms with Crippen molar-refractivity contribution in [2.24, 2.45) is 0 Å². The number of ether oxygens (including phenoxy) is 1. The molecule has 5 heteroatoms. The molecule has 0 aliphatic heterocycles. The number of hydrogen-bond donors (Lipinski definition) is 2. The van der Waals surface area contributed by atoms with Crippen molar-refractivity contribution in [3.8, 4) is 5.75 Å². The van der Waals surface area contributed by atoms with Crippen molar-refractivity contribution < 1.29 is 9.84 Å². The summed E-state index contributed by atoms with van der Waals surface area (Å²) in [5.41, 5.74) is 2.03. The number of benzene rings is 2. The van der Waals surface area contributed by atoms with Crippen LogP contribution in [-0.4, -0.2) is 16.7 Å². The Kier molecular flexibility index (Phi) is 5.96. The van der Waals surface area contributed by atoms with Crippen molar-refractivity contribution in [3.63, 3.8) is 0 Å². The van der Waals surface area contributed by atoms with E-state index in [0.29, 0.717) is 13.2 Å². The Morgan fingerprint density at radius 2 is 1.75 bits per heavy atom. The van der Waals surface area contributed by atoms with Crippen LogP contribution < -0.4 is 10.1 Å². The predicted octanol–water partition coefficient (Wildman–Crippen LogP) is 3.55. The highest BCUT2D eigenvalue weighted by Crippen LogP contribution is 2.16. The van der Waals surface area contributed by atoms with Gasteiger partial charge >= 0.3 is 0 Å². The van der Waals surface area contributed by atoms with Crippen LogP contribution in [-0.2, 0) is 13.2 Å². The molecular weight excluding hydrogens is 320 g/mol. The van der Waals surface area contributed by atoms with Crippen LogP contribution in [0.4, 0.5) is 0 Å². The summed E-state index contributed by atoms with van der Waals surface area (Å²) in [4.78, 5) is 4.57. The minimum absolute atomic E-state index is 0.0537. The van der Waals surface area contributed by atoms with Gasteiger partial charge in [0, 0.05) is 11.9 Å². The van der Waals surface area contributed by atoms with Gasteiger partial charge in [-0.05, 0) is 17.7 Å². The first-order chi connectivity index (χ1) is 11.8. The van der Waals surface area contributed by atoms with Gasteiger partial charge in [0.05, 0.1) is 18.3 Å². The highest BCUT2D eigenvalue weighted by molar-refractivity contribution is 7.09. The molecule has 0 aliphatic rings. The minimum atomic E-state index is -0.0862. The fourth-order valence-electron chi connectivity index (χ4n) is 2.36. The number of thiazole rings is 1. The summed E-state index contributed by atoms with van der Waals surface area (Å²) < 4.78 is 5.71. The summed E-state index contributed by atoms with van der Waals surface area (Å²) in [6.45, 7) is 1.14. The maximum absolute atomic E-state index is 9.57. The molecule has 0 spiro atoms. The molecule has 24 heavy (non-hydrogen) atoms. The van der Waals surface area contributed by atoms with Gasteiger partial charge in [-0.25, -0.2) is 4.98 Å². The Balaban J connectivity index is 1.52. The van der Waals surface area contributed by atoms with E-state index in [1.165, 1.54) is 0 Å². The third-order valence-electron chi connectivity index (χ3n) is 3.62. The molecule has 1 aromatic heterocycles. The van der Waals surface area contributed by atoms with Gasteiger partial charge in [-0.1, -0.05) is 48.5 Å². The zero-order valence-electron chi connectivity index (χ0n) is 13.3. The Morgan fingerprint density at radius 1 is 1.04 bits per heavy atom. The van der Waals surface area contributed by atoms with Gasteiger partial charge in [-0.3, -0.25) is 0 Å². The summed E-state index contributed by atoms with van der Waals surface area (Å²) in [5.74, 6) is 0.844. The van der Waals surface area contributed by atoms with E-state index in [2.05, 4.69) is 10.3 Å². The van der Waals surface area contributed by atoms with E-state index in [1.807, 2.05) is 66.0 Å². The average Bonchev–Trinajstić information content (AvgIpc) is 3.10. The molecule has 0 saturated carbocycles. The summed E-state index contributed by atoms with van der Waals surface area (Å²) in [7, 11) is 0. The Morgan fingerprint density at radius 3 is 2.46 bits per heavy atom. The monoisotopic (exact) mass is 340 g/mol. The normalized spacial score (nSPS) is 12.0. The van der Waals surface area contributed by atoms with Gasteiger partial charge in [0.15, 0.2) is 0 Å². The standard InChI is InChI=1S/C19H20N2O2S/c22-12-18(15-7-3-1-4-8-15)20-11-16-14-24-19(21-16)13-23-17-9-5-2-6-10-17/h1-10,14,18,20,22H,11-13H2. The van der Waals surface area contributed by atoms with Crippen molar-refractivity contribution in [1.29, 1.82) is 0 Å². The minimum Gasteiger partial charge on any atom is -0.486 e. The molecule has 0 saturated heterocycles. The molecule has 1 atom stereocenters. The number of para-hydroxylation sites is 1. The molecule has 124 valence electrons. The van der Waals surface area contributed by atoms with Gasteiger partial charge in [-0.2, -0.15) is 0 Å². The van der Waals surface area contributed by atoms with Crippen LogP contribution >= 0.6 is 11.3 Å². The van der Waals surface area contributed by atoms with Crippen LogP contribution in [0.15, 0.2) is 66.0 Å². The number of nitrogens with zero attached hydrogens (tertiary/aromatic N) is 1. The Hall–Kier alpha value is -2.21. The van der Waals surface area contributed by atoms with Crippen molar-refractivity contribution in [3.05, 3.63) is 82.3 Å². The molecule has 3 rings (SSSR count). The predicted molar refractivity (Wildman–Crippen MR) is 96.0 cm³/mol. The van der Waals surface area contributed by atoms with E-state index in [-0.39, 0.29) is 12.6 Å². The highest BCUT2D eigenvalue weighted by atomic mass is 32.1. The lowest BCUT2D eigenvalue weighted by atomic mass is 10.1. The second-order valence-corrected chi connectivity index (χ2v) is 6.30. The second-order valence-electron chi connectivity index (χ2n) is 5.36. The van der Waals surface area contributed by atoms with Gasteiger partial charge in [-0.15, -0.1) is 11.3 Å². The number of aliphatic hydroxyl groups excluding tert-OH is 1. The van der Waals surface area contributed by atoms with E-state index in [4.69, 9.17) is 4.74 Å². The summed E-state index contributed by atoms with van der Waals surface area (Å²) in [6.07, 6.45) is 0. The van der Waals surface area contributed by atoms with Crippen molar-refractivity contribution >= 4 is 11.3 Å². The quantitative estimate of drug-likeness (QED) is 0.658. The largest absolute Gasteiger partial charge is 0.486 e. The molecule has 4 nitrogen and oxygen atoms in total. The Bertz CT molecular complexity index is 731. The molecule has 0 fully saturated rings. The van der Waals surface area contributed by atoms with Crippen molar-refractivity contribution in [2.45, 2.75) is 19.2 Å². The van der Waals surface area contributed by atoms with Crippen LogP contribution in [0.1, 0.15) is 22.3 Å². The van der Waals surface area contributed by atoms with Crippen molar-refractivity contribution in [1.82, 2.24) is 10.3 Å². The van der Waals surface area contributed by atoms with Gasteiger partial charge < -0.3 is 15.2 Å². The van der Waals surface area contributed by atoms with Gasteiger partial charge in [0.1, 0.15) is 17.4 Å². The molecule has 0 bridgehead atoms. The van der Waals surface area contributed by atoms with Gasteiger partial charge in [0.25, 0.3) is 0 Å². The lowest BCUT2D eigenvalue weighted by Crippen LogP contribution is -2.24. The zero-order chi connectivity index (χ0) is 16.6. The van der Waals surface area contributed by atoms with Crippen LogP contribution in [0.25, 0.3) is 0 Å². The van der Waals surface area contributed by atoms with Crippen LogP contribution in [0.3, 0.4) is 0 Å². The van der Waals surface area contributed by atoms with Crippen LogP contribution in [0.2, 0.25) is 0 Å². The maximum Gasteiger partial charge on any atom is 0.140 e. The van der Waals surface area contributed by atoms with E-state index < -0.39 is 0 Å². The van der Waals surface area contributed by atoms with Gasteiger partial charge in [0.2, 0.25) is 0 Å². The van der Waals surface area contributed by atoms with Crippen LogP contribution in [0, 0.1) is 0 Å². The first kappa shape index (κ1) is 16.6. The average molecular weight is 340 g/mol. The second kappa shape index (κ2) is 8.59. The lowest BCUT2D eigenvalue weighted by Gasteiger charge is -2.15. The number of aromatic nitrogens is 1. The topological polar surface area (TPSA) is 54.4 Å². The fraction of sp³-hybridized carbons (Fsp3) is 0.211. The molecule has 0 amide bonds. The number of nitrogens with one attached hydrogen (secondary N) is 1. The first-order valence-corrected chi connectivity index (χ1v) is 8.73. The summed E-state index contributed by atoms with van der Waals surface area (Å²) in [5, 5.41) is 15.9. The maximum atomic E-state index is 9.57. The number of aliphatic hydroxyl groups is 1. The van der Waals surface area contributed by atoms with E-state index in [0.717, 1.165) is 22.0 Å². The number of rotatable bonds is 8. The molecule has 3 aromatic rings. The zero-order valence-corrected chi connectivity index (χ0v) is 14.1. The molecule has 0 radical (unpaired) electrons. The van der Waals surface area contributed by atoms with Crippen molar-refractivity contribution in [2.75, 3.05) is 6.61 Å². The third kappa shape index (κ3) is 4.64. The van der Waals surface area contributed by atoms with Crippen LogP contribution in [0.5, 0.6) is 5.75 Å². The SMILES string of the molecule is OCC(NCc1csc(COc2ccccc2)n1)c1ccccc1. The molecular formula is C19H20N2O2S. The molecule has 2 aromatic carbocycles. The molecule has 0 aliphatic carbocycles. The molecule has 1 unspecified atom stereocenters. The third-order valence-corrected chi connectivity index (χ3v) is 4.49. The molecule has 1 heterocycles. The molecule has 2 N–H and O–H groups in total. The summed E-state index contributed by atoms with van der Waals surface area (Å²) in [6, 6.07) is 19.6. The number of hydrogen-bond acceptors (Lipinski definition) is 5. The summed E-state index contributed by atoms with van der Waals surface area (Å²) >= 11 is 1.59. The Labute approximate surface area is 145 Å². The van der Waals surface area contributed by atoms with E-state index in [1.54, 1.807) is 11.3 Å². The van der Waals surface area contributed by atoms with E-state index >= 15 is 0 Å². The first-order valence-electron chi connectivity index (χ1n) is 7.85.